The van der Waals surface area contributed by atoms with E-state index in [9.17, 15) is 4.79 Å². The zero-order valence-electron chi connectivity index (χ0n) is 6.97. The summed E-state index contributed by atoms with van der Waals surface area (Å²) in [5, 5.41) is -0.278. The second-order valence-electron chi connectivity index (χ2n) is 2.24. The third-order valence-electron chi connectivity index (χ3n) is 1.26. The fraction of sp³-hybridized carbons (Fsp3) is 0.222. The number of thiol groups is 1. The highest BCUT2D eigenvalue weighted by Crippen LogP contribution is 2.13. The van der Waals surface area contributed by atoms with E-state index in [0.29, 0.717) is 17.3 Å². The first-order valence-electron chi connectivity index (χ1n) is 3.83. The van der Waals surface area contributed by atoms with Gasteiger partial charge in [0.1, 0.15) is 5.75 Å². The normalized spacial score (nSPS) is 9.62. The van der Waals surface area contributed by atoms with Crippen LogP contribution in [-0.2, 0) is 0 Å². The second kappa shape index (κ2) is 5.94. The van der Waals surface area contributed by atoms with Gasteiger partial charge >= 0.3 is 5.30 Å². The smallest absolute Gasteiger partial charge is 0.372 e. The third kappa shape index (κ3) is 4.24. The Balaban J connectivity index is 2.37. The minimum absolute atomic E-state index is 0.278. The van der Waals surface area contributed by atoms with Crippen molar-refractivity contribution in [3.63, 3.8) is 0 Å². The molecule has 0 saturated carbocycles. The Morgan fingerprint density at radius 3 is 2.69 bits per heavy atom. The highest BCUT2D eigenvalue weighted by molar-refractivity contribution is 8.13. The van der Waals surface area contributed by atoms with Crippen molar-refractivity contribution >= 4 is 29.7 Å². The van der Waals surface area contributed by atoms with Gasteiger partial charge in [-0.2, -0.15) is 12.6 Å². The Hall–Kier alpha value is -0.610. The molecule has 0 atom stereocenters. The molecule has 70 valence electrons. The van der Waals surface area contributed by atoms with Crippen molar-refractivity contribution in [2.75, 3.05) is 11.5 Å². The molecule has 0 N–H and O–H groups in total. The van der Waals surface area contributed by atoms with Gasteiger partial charge in [0.25, 0.3) is 0 Å². The SMILES string of the molecule is O=C(Oc1ccccc1)SCCS. The molecule has 0 spiro atoms. The number of carbonyl (C=O) groups is 1. The van der Waals surface area contributed by atoms with Gasteiger partial charge in [-0.1, -0.05) is 18.2 Å². The van der Waals surface area contributed by atoms with Crippen molar-refractivity contribution in [3.05, 3.63) is 30.3 Å². The fourth-order valence-corrected chi connectivity index (χ4v) is 1.43. The molecular weight excluding hydrogens is 204 g/mol. The molecule has 0 aliphatic heterocycles. The van der Waals surface area contributed by atoms with Crippen LogP contribution < -0.4 is 4.74 Å². The number of benzene rings is 1. The van der Waals surface area contributed by atoms with Crippen LogP contribution in [0.5, 0.6) is 5.75 Å². The number of para-hydroxylation sites is 1. The first-order chi connectivity index (χ1) is 6.33. The van der Waals surface area contributed by atoms with Crippen molar-refractivity contribution in [3.8, 4) is 5.75 Å². The van der Waals surface area contributed by atoms with E-state index in [-0.39, 0.29) is 5.30 Å². The molecule has 4 heteroatoms. The number of thioether (sulfide) groups is 1. The lowest BCUT2D eigenvalue weighted by Crippen LogP contribution is -2.01. The lowest BCUT2D eigenvalue weighted by molar-refractivity contribution is 0.227. The summed E-state index contributed by atoms with van der Waals surface area (Å²) >= 11 is 5.13. The van der Waals surface area contributed by atoms with E-state index in [1.807, 2.05) is 18.2 Å². The van der Waals surface area contributed by atoms with Crippen LogP contribution in [0.2, 0.25) is 0 Å². The standard InChI is InChI=1S/C9H10O2S2/c10-9(13-7-6-12)11-8-4-2-1-3-5-8/h1-5,12H,6-7H2. The van der Waals surface area contributed by atoms with E-state index in [0.717, 1.165) is 11.8 Å². The van der Waals surface area contributed by atoms with Gasteiger partial charge in [0.15, 0.2) is 0 Å². The van der Waals surface area contributed by atoms with Gasteiger partial charge in [-0.25, -0.2) is 4.79 Å². The molecule has 0 saturated heterocycles. The Morgan fingerprint density at radius 1 is 1.38 bits per heavy atom. The van der Waals surface area contributed by atoms with Crippen LogP contribution in [0, 0.1) is 0 Å². The molecule has 0 aliphatic carbocycles. The summed E-state index contributed by atoms with van der Waals surface area (Å²) in [5.41, 5.74) is 0. The molecule has 0 aliphatic rings. The Kier molecular flexibility index (Phi) is 4.78. The van der Waals surface area contributed by atoms with Crippen LogP contribution in [0.4, 0.5) is 4.79 Å². The van der Waals surface area contributed by atoms with Crippen LogP contribution in [0.1, 0.15) is 0 Å². The Labute approximate surface area is 87.1 Å². The van der Waals surface area contributed by atoms with Gasteiger partial charge < -0.3 is 4.74 Å². The predicted octanol–water partition coefficient (Wildman–Crippen LogP) is 2.85. The molecule has 13 heavy (non-hydrogen) atoms. The summed E-state index contributed by atoms with van der Waals surface area (Å²) in [6, 6.07) is 9.02. The summed E-state index contributed by atoms with van der Waals surface area (Å²) in [4.78, 5) is 11.1. The van der Waals surface area contributed by atoms with Gasteiger partial charge in [0.2, 0.25) is 0 Å². The van der Waals surface area contributed by atoms with E-state index in [1.54, 1.807) is 12.1 Å². The molecule has 0 heterocycles. The summed E-state index contributed by atoms with van der Waals surface area (Å²) in [6.45, 7) is 0. The van der Waals surface area contributed by atoms with E-state index in [4.69, 9.17) is 4.74 Å². The molecule has 0 bridgehead atoms. The van der Waals surface area contributed by atoms with Gasteiger partial charge in [0, 0.05) is 5.75 Å². The molecule has 1 aromatic rings. The highest BCUT2D eigenvalue weighted by Gasteiger charge is 2.03. The van der Waals surface area contributed by atoms with Gasteiger partial charge in [-0.05, 0) is 29.6 Å². The quantitative estimate of drug-likeness (QED) is 0.619. The fourth-order valence-electron chi connectivity index (χ4n) is 0.743. The summed E-state index contributed by atoms with van der Waals surface area (Å²) in [7, 11) is 0. The van der Waals surface area contributed by atoms with Crippen LogP contribution in [0.3, 0.4) is 0 Å². The van der Waals surface area contributed by atoms with Crippen molar-refractivity contribution in [2.24, 2.45) is 0 Å². The summed E-state index contributed by atoms with van der Waals surface area (Å²) in [5.74, 6) is 1.93. The van der Waals surface area contributed by atoms with Crippen molar-refractivity contribution in [1.29, 1.82) is 0 Å². The molecule has 0 aromatic heterocycles. The van der Waals surface area contributed by atoms with Crippen molar-refractivity contribution in [1.82, 2.24) is 0 Å². The average Bonchev–Trinajstić information content (AvgIpc) is 2.16. The van der Waals surface area contributed by atoms with Gasteiger partial charge in [-0.3, -0.25) is 0 Å². The molecule has 0 radical (unpaired) electrons. The van der Waals surface area contributed by atoms with Gasteiger partial charge in [-0.15, -0.1) is 0 Å². The maximum Gasteiger partial charge on any atom is 0.372 e. The van der Waals surface area contributed by atoms with Crippen LogP contribution in [0.15, 0.2) is 30.3 Å². The molecule has 0 unspecified atom stereocenters. The molecule has 2 nitrogen and oxygen atoms in total. The lowest BCUT2D eigenvalue weighted by Gasteiger charge is -2.01. The number of hydrogen-bond acceptors (Lipinski definition) is 4. The van der Waals surface area contributed by atoms with Crippen molar-refractivity contribution < 1.29 is 9.53 Å². The van der Waals surface area contributed by atoms with Crippen LogP contribution in [0.25, 0.3) is 0 Å². The largest absolute Gasteiger partial charge is 0.418 e. The molecule has 0 fully saturated rings. The van der Waals surface area contributed by atoms with E-state index >= 15 is 0 Å². The monoisotopic (exact) mass is 214 g/mol. The minimum Gasteiger partial charge on any atom is -0.418 e. The molecule has 1 aromatic carbocycles. The number of rotatable bonds is 3. The maximum atomic E-state index is 11.1. The van der Waals surface area contributed by atoms with E-state index in [2.05, 4.69) is 12.6 Å². The number of carbonyl (C=O) groups excluding carboxylic acids is 1. The van der Waals surface area contributed by atoms with Crippen LogP contribution in [-0.4, -0.2) is 16.8 Å². The number of ether oxygens (including phenoxy) is 1. The lowest BCUT2D eigenvalue weighted by atomic mass is 10.3. The number of hydrogen-bond donors (Lipinski definition) is 1. The van der Waals surface area contributed by atoms with Crippen LogP contribution >= 0.6 is 24.4 Å². The minimum atomic E-state index is -0.278. The Morgan fingerprint density at radius 2 is 2.08 bits per heavy atom. The van der Waals surface area contributed by atoms with E-state index < -0.39 is 0 Å². The molecule has 1 rings (SSSR count). The van der Waals surface area contributed by atoms with E-state index in [1.165, 1.54) is 0 Å². The zero-order valence-corrected chi connectivity index (χ0v) is 8.68. The highest BCUT2D eigenvalue weighted by atomic mass is 32.2. The maximum absolute atomic E-state index is 11.1. The summed E-state index contributed by atoms with van der Waals surface area (Å²) < 4.78 is 5.01. The summed E-state index contributed by atoms with van der Waals surface area (Å²) in [6.07, 6.45) is 0. The first kappa shape index (κ1) is 10.5. The van der Waals surface area contributed by atoms with Crippen molar-refractivity contribution in [2.45, 2.75) is 0 Å². The predicted molar refractivity (Wildman–Crippen MR) is 58.8 cm³/mol. The van der Waals surface area contributed by atoms with Gasteiger partial charge in [0.05, 0.1) is 0 Å². The zero-order chi connectivity index (χ0) is 9.52. The molecule has 0 amide bonds. The topological polar surface area (TPSA) is 26.3 Å². The molecular formula is C9H10O2S2. The third-order valence-corrected chi connectivity index (χ3v) is 2.51. The average molecular weight is 214 g/mol. The first-order valence-corrected chi connectivity index (χ1v) is 5.45. The second-order valence-corrected chi connectivity index (χ2v) is 3.71. The Bertz CT molecular complexity index is 262.